The number of nitrogens with zero attached hydrogens (tertiary/aromatic N) is 4. The summed E-state index contributed by atoms with van der Waals surface area (Å²) in [6.07, 6.45) is 1.26. The normalized spacial score (nSPS) is 18.6. The molecule has 0 radical (unpaired) electrons. The fourth-order valence-corrected chi connectivity index (χ4v) is 2.09. The van der Waals surface area contributed by atoms with Crippen molar-refractivity contribution < 1.29 is 9.47 Å². The highest BCUT2D eigenvalue weighted by Gasteiger charge is 2.25. The first-order chi connectivity index (χ1) is 9.62. The fraction of sp³-hybridized carbons (Fsp3) is 0.769. The first kappa shape index (κ1) is 14.8. The minimum absolute atomic E-state index is 0.0324. The van der Waals surface area contributed by atoms with E-state index in [1.165, 1.54) is 0 Å². The van der Waals surface area contributed by atoms with Crippen LogP contribution in [0.3, 0.4) is 0 Å². The van der Waals surface area contributed by atoms with Crippen LogP contribution in [0, 0.1) is 0 Å². The number of nitrogens with one attached hydrogen (secondary N) is 1. The van der Waals surface area contributed by atoms with Crippen molar-refractivity contribution in [2.24, 2.45) is 0 Å². The van der Waals surface area contributed by atoms with E-state index in [1.54, 1.807) is 7.11 Å². The Labute approximate surface area is 119 Å². The number of ether oxygens (including phenoxy) is 2. The lowest BCUT2D eigenvalue weighted by atomic mass is 10.3. The third-order valence-corrected chi connectivity index (χ3v) is 3.04. The van der Waals surface area contributed by atoms with Gasteiger partial charge in [0.1, 0.15) is 0 Å². The maximum absolute atomic E-state index is 5.59. The first-order valence-electron chi connectivity index (χ1n) is 7.06. The molecule has 1 unspecified atom stereocenters. The molecular weight excluding hydrogens is 258 g/mol. The van der Waals surface area contributed by atoms with Crippen LogP contribution >= 0.6 is 0 Å². The van der Waals surface area contributed by atoms with Crippen LogP contribution in [-0.2, 0) is 4.74 Å². The summed E-state index contributed by atoms with van der Waals surface area (Å²) >= 11 is 0. The largest absolute Gasteiger partial charge is 0.461 e. The van der Waals surface area contributed by atoms with Gasteiger partial charge in [-0.25, -0.2) is 0 Å². The number of methoxy groups -OCH3 is 1. The Kier molecular flexibility index (Phi) is 4.94. The SMILES string of the molecule is CCNc1nc(OC(C)C)nc(N2CCC(OC)C2)n1. The van der Waals surface area contributed by atoms with E-state index >= 15 is 0 Å². The zero-order chi connectivity index (χ0) is 14.5. The van der Waals surface area contributed by atoms with Gasteiger partial charge in [0, 0.05) is 26.7 Å². The van der Waals surface area contributed by atoms with Crippen LogP contribution in [0.1, 0.15) is 27.2 Å². The van der Waals surface area contributed by atoms with E-state index in [0.717, 1.165) is 26.1 Å². The van der Waals surface area contributed by atoms with Gasteiger partial charge < -0.3 is 19.7 Å². The average molecular weight is 281 g/mol. The lowest BCUT2D eigenvalue weighted by Gasteiger charge is -2.18. The number of rotatable bonds is 6. The van der Waals surface area contributed by atoms with Crippen LogP contribution in [-0.4, -0.2) is 53.9 Å². The minimum atomic E-state index is 0.0324. The van der Waals surface area contributed by atoms with Gasteiger partial charge in [-0.3, -0.25) is 0 Å². The number of hydrogen-bond acceptors (Lipinski definition) is 7. The van der Waals surface area contributed by atoms with Crippen LogP contribution in [0.5, 0.6) is 6.01 Å². The second-order valence-corrected chi connectivity index (χ2v) is 5.03. The van der Waals surface area contributed by atoms with Crippen molar-refractivity contribution in [2.75, 3.05) is 37.0 Å². The highest BCUT2D eigenvalue weighted by Crippen LogP contribution is 2.21. The Hall–Kier alpha value is -1.63. The van der Waals surface area contributed by atoms with E-state index < -0.39 is 0 Å². The average Bonchev–Trinajstić information content (AvgIpc) is 2.86. The molecule has 2 rings (SSSR count). The molecule has 7 heteroatoms. The van der Waals surface area contributed by atoms with Crippen molar-refractivity contribution >= 4 is 11.9 Å². The molecule has 0 amide bonds. The van der Waals surface area contributed by atoms with Gasteiger partial charge in [-0.1, -0.05) is 0 Å². The van der Waals surface area contributed by atoms with Gasteiger partial charge >= 0.3 is 6.01 Å². The Balaban J connectivity index is 2.20. The quantitative estimate of drug-likeness (QED) is 0.843. The van der Waals surface area contributed by atoms with Crippen LogP contribution < -0.4 is 15.0 Å². The van der Waals surface area contributed by atoms with Crippen molar-refractivity contribution in [3.05, 3.63) is 0 Å². The number of anilines is 2. The van der Waals surface area contributed by atoms with E-state index in [4.69, 9.17) is 9.47 Å². The molecule has 1 aromatic heterocycles. The van der Waals surface area contributed by atoms with Crippen LogP contribution in [0.2, 0.25) is 0 Å². The zero-order valence-electron chi connectivity index (χ0n) is 12.6. The molecule has 2 heterocycles. The van der Waals surface area contributed by atoms with Crippen LogP contribution in [0.4, 0.5) is 11.9 Å². The standard InChI is InChI=1S/C13H23N5O2/c1-5-14-11-15-12(17-13(16-11)20-9(2)3)18-7-6-10(8-18)19-4/h9-10H,5-8H2,1-4H3,(H,14,15,16,17). The highest BCUT2D eigenvalue weighted by molar-refractivity contribution is 5.39. The Morgan fingerprint density at radius 3 is 2.75 bits per heavy atom. The molecule has 1 aliphatic heterocycles. The maximum atomic E-state index is 5.59. The molecule has 0 saturated carbocycles. The molecule has 1 aromatic rings. The molecule has 7 nitrogen and oxygen atoms in total. The lowest BCUT2D eigenvalue weighted by molar-refractivity contribution is 0.121. The minimum Gasteiger partial charge on any atom is -0.461 e. The van der Waals surface area contributed by atoms with Gasteiger partial charge in [0.15, 0.2) is 0 Å². The molecule has 1 aliphatic rings. The summed E-state index contributed by atoms with van der Waals surface area (Å²) < 4.78 is 11.0. The second-order valence-electron chi connectivity index (χ2n) is 5.03. The number of aromatic nitrogens is 3. The molecule has 0 aromatic carbocycles. The first-order valence-corrected chi connectivity index (χ1v) is 7.06. The third kappa shape index (κ3) is 3.69. The van der Waals surface area contributed by atoms with Gasteiger partial charge in [0.05, 0.1) is 12.2 Å². The Morgan fingerprint density at radius 1 is 1.35 bits per heavy atom. The topological polar surface area (TPSA) is 72.4 Å². The fourth-order valence-electron chi connectivity index (χ4n) is 2.09. The van der Waals surface area contributed by atoms with Gasteiger partial charge in [0.25, 0.3) is 0 Å². The molecule has 1 fully saturated rings. The predicted molar refractivity (Wildman–Crippen MR) is 77.4 cm³/mol. The zero-order valence-corrected chi connectivity index (χ0v) is 12.6. The summed E-state index contributed by atoms with van der Waals surface area (Å²) in [6, 6.07) is 0.363. The van der Waals surface area contributed by atoms with Crippen molar-refractivity contribution in [3.63, 3.8) is 0 Å². The van der Waals surface area contributed by atoms with E-state index in [9.17, 15) is 0 Å². The van der Waals surface area contributed by atoms with Gasteiger partial charge in [0.2, 0.25) is 11.9 Å². The van der Waals surface area contributed by atoms with E-state index in [1.807, 2.05) is 20.8 Å². The highest BCUT2D eigenvalue weighted by atomic mass is 16.5. The molecule has 1 saturated heterocycles. The van der Waals surface area contributed by atoms with Crippen molar-refractivity contribution in [1.29, 1.82) is 0 Å². The maximum Gasteiger partial charge on any atom is 0.323 e. The summed E-state index contributed by atoms with van der Waals surface area (Å²) in [7, 11) is 1.74. The van der Waals surface area contributed by atoms with Gasteiger partial charge in [-0.15, -0.1) is 0 Å². The summed E-state index contributed by atoms with van der Waals surface area (Å²) in [5.41, 5.74) is 0. The van der Waals surface area contributed by atoms with E-state index in [2.05, 4.69) is 25.2 Å². The monoisotopic (exact) mass is 281 g/mol. The number of hydrogen-bond donors (Lipinski definition) is 1. The third-order valence-electron chi connectivity index (χ3n) is 3.04. The van der Waals surface area contributed by atoms with E-state index in [0.29, 0.717) is 17.9 Å². The van der Waals surface area contributed by atoms with Crippen LogP contribution in [0.15, 0.2) is 0 Å². The molecule has 112 valence electrons. The molecule has 1 atom stereocenters. The Bertz CT molecular complexity index is 441. The van der Waals surface area contributed by atoms with Gasteiger partial charge in [-0.05, 0) is 27.2 Å². The Morgan fingerprint density at radius 2 is 2.15 bits per heavy atom. The summed E-state index contributed by atoms with van der Waals surface area (Å²) in [4.78, 5) is 15.2. The summed E-state index contributed by atoms with van der Waals surface area (Å²) in [5, 5.41) is 3.11. The lowest BCUT2D eigenvalue weighted by Crippen LogP contribution is -2.25. The smallest absolute Gasteiger partial charge is 0.323 e. The van der Waals surface area contributed by atoms with Gasteiger partial charge in [-0.2, -0.15) is 15.0 Å². The molecular formula is C13H23N5O2. The molecule has 0 bridgehead atoms. The summed E-state index contributed by atoms with van der Waals surface area (Å²) in [5.74, 6) is 1.19. The van der Waals surface area contributed by atoms with E-state index in [-0.39, 0.29) is 12.2 Å². The van der Waals surface area contributed by atoms with Crippen LogP contribution in [0.25, 0.3) is 0 Å². The van der Waals surface area contributed by atoms with Crippen molar-refractivity contribution in [3.8, 4) is 6.01 Å². The summed E-state index contributed by atoms with van der Waals surface area (Å²) in [6.45, 7) is 8.34. The van der Waals surface area contributed by atoms with Crippen molar-refractivity contribution in [1.82, 2.24) is 15.0 Å². The molecule has 20 heavy (non-hydrogen) atoms. The van der Waals surface area contributed by atoms with Crippen molar-refractivity contribution in [2.45, 2.75) is 39.4 Å². The molecule has 0 aliphatic carbocycles. The molecule has 1 N–H and O–H groups in total. The second kappa shape index (κ2) is 6.69. The molecule has 0 spiro atoms. The predicted octanol–water partition coefficient (Wildman–Crippen LogP) is 1.32.